The highest BCUT2D eigenvalue weighted by Gasteiger charge is 2.80. The largest absolute Gasteiger partial charge is 0.743 e. The molecule has 156 valence electrons. The van der Waals surface area contributed by atoms with Gasteiger partial charge in [-0.25, -0.2) is 16.8 Å². The summed E-state index contributed by atoms with van der Waals surface area (Å²) < 4.78 is 136. The third-order valence-corrected chi connectivity index (χ3v) is 7.06. The van der Waals surface area contributed by atoms with Gasteiger partial charge in [-0.15, -0.1) is 0 Å². The molecule has 7 nitrogen and oxygen atoms in total. The van der Waals surface area contributed by atoms with Crippen molar-refractivity contribution >= 4 is 20.1 Å². The second-order valence-electron chi connectivity index (χ2n) is 6.81. The molecule has 1 rings (SSSR count). The van der Waals surface area contributed by atoms with Gasteiger partial charge in [-0.3, -0.25) is 0 Å². The summed E-state index contributed by atoms with van der Waals surface area (Å²) in [6.07, 6.45) is -0.0265. The first-order chi connectivity index (χ1) is 11.2. The highest BCUT2D eigenvalue weighted by Crippen LogP contribution is 2.51. The van der Waals surface area contributed by atoms with E-state index in [2.05, 4.69) is 0 Å². The molecule has 26 heavy (non-hydrogen) atoms. The smallest absolute Gasteiger partial charge is 0.428 e. The van der Waals surface area contributed by atoms with Crippen molar-refractivity contribution in [1.82, 2.24) is 4.31 Å². The molecule has 1 heterocycles. The first-order valence-corrected chi connectivity index (χ1v) is 9.96. The van der Waals surface area contributed by atoms with Crippen molar-refractivity contribution in [2.45, 2.75) is 35.3 Å². The van der Waals surface area contributed by atoms with E-state index in [1.807, 2.05) is 0 Å². The molecule has 0 N–H and O–H groups in total. The van der Waals surface area contributed by atoms with Crippen LogP contribution in [0.4, 0.5) is 26.3 Å². The number of sulfonamides is 1. The maximum atomic E-state index is 13.9. The molecule has 0 amide bonds. The summed E-state index contributed by atoms with van der Waals surface area (Å²) in [7, 11) is -8.43. The molecule has 0 spiro atoms. The fraction of sp³-hybridized carbons (Fsp3) is 1.00. The molecule has 1 saturated heterocycles. The summed E-state index contributed by atoms with van der Waals surface area (Å²) in [5.41, 5.74) is 0. The zero-order chi connectivity index (χ0) is 21.0. The molecule has 1 aliphatic rings. The lowest BCUT2D eigenvalue weighted by molar-refractivity contribution is -0.897. The molecule has 0 unspecified atom stereocenters. The Labute approximate surface area is 146 Å². The molecule has 1 fully saturated rings. The average Bonchev–Trinajstić information content (AvgIpc) is 2.44. The number of hydrogen-bond acceptors (Lipinski definition) is 5. The number of nitrogens with zero attached hydrogens (tertiary/aromatic N) is 2. The van der Waals surface area contributed by atoms with Crippen LogP contribution >= 0.6 is 0 Å². The van der Waals surface area contributed by atoms with E-state index < -0.39 is 49.7 Å². The Morgan fingerprint density at radius 2 is 1.27 bits per heavy atom. The van der Waals surface area contributed by atoms with E-state index in [4.69, 9.17) is 0 Å². The summed E-state index contributed by atoms with van der Waals surface area (Å²) in [5.74, 6) is -6.96. The van der Waals surface area contributed by atoms with Crippen LogP contribution in [-0.2, 0) is 20.1 Å². The van der Waals surface area contributed by atoms with Gasteiger partial charge < -0.3 is 9.04 Å². The SMILES string of the molecule is C[N+](C)(C)C1CCN(S(=O)(=O)C(F)(F)C(F)(F)C(F)(F)S(=O)(=O)[O-])CC1. The van der Waals surface area contributed by atoms with Crippen molar-refractivity contribution in [3.05, 3.63) is 0 Å². The van der Waals surface area contributed by atoms with Gasteiger partial charge in [-0.2, -0.15) is 30.6 Å². The second-order valence-corrected chi connectivity index (χ2v) is 10.2. The van der Waals surface area contributed by atoms with Crippen LogP contribution in [0.2, 0.25) is 0 Å². The lowest BCUT2D eigenvalue weighted by atomic mass is 10.0. The molecule has 0 atom stereocenters. The minimum atomic E-state index is -7.26. The van der Waals surface area contributed by atoms with Crippen LogP contribution in [0.5, 0.6) is 0 Å². The zero-order valence-corrected chi connectivity index (χ0v) is 15.6. The Kier molecular flexibility index (Phi) is 5.81. The third-order valence-electron chi connectivity index (χ3n) is 4.23. The molecule has 0 aromatic carbocycles. The first-order valence-electron chi connectivity index (χ1n) is 7.11. The van der Waals surface area contributed by atoms with Crippen LogP contribution in [-0.4, -0.2) is 86.9 Å². The lowest BCUT2D eigenvalue weighted by Crippen LogP contribution is -2.64. The zero-order valence-electron chi connectivity index (χ0n) is 13.9. The fourth-order valence-electron chi connectivity index (χ4n) is 2.51. The van der Waals surface area contributed by atoms with Gasteiger partial charge in [-0.05, 0) is 0 Å². The van der Waals surface area contributed by atoms with E-state index in [0.717, 1.165) is 0 Å². The van der Waals surface area contributed by atoms with Gasteiger partial charge in [0.2, 0.25) is 0 Å². The van der Waals surface area contributed by atoms with Gasteiger partial charge in [0.25, 0.3) is 10.0 Å². The summed E-state index contributed by atoms with van der Waals surface area (Å²) in [4.78, 5) is 0. The van der Waals surface area contributed by atoms with Crippen LogP contribution in [0.15, 0.2) is 0 Å². The van der Waals surface area contributed by atoms with Crippen molar-refractivity contribution in [3.63, 3.8) is 0 Å². The van der Waals surface area contributed by atoms with E-state index in [9.17, 15) is 47.7 Å². The number of hydrogen-bond donors (Lipinski definition) is 0. The van der Waals surface area contributed by atoms with Crippen LogP contribution < -0.4 is 0 Å². The van der Waals surface area contributed by atoms with Crippen LogP contribution in [0.25, 0.3) is 0 Å². The first kappa shape index (κ1) is 23.4. The van der Waals surface area contributed by atoms with Crippen LogP contribution in [0, 0.1) is 0 Å². The lowest BCUT2D eigenvalue weighted by Gasteiger charge is -2.41. The predicted molar refractivity (Wildman–Crippen MR) is 76.1 cm³/mol. The molecule has 0 radical (unpaired) electrons. The van der Waals surface area contributed by atoms with Gasteiger partial charge in [0.1, 0.15) is 0 Å². The topological polar surface area (TPSA) is 94.6 Å². The Morgan fingerprint density at radius 3 is 1.58 bits per heavy atom. The van der Waals surface area contributed by atoms with Crippen molar-refractivity contribution in [3.8, 4) is 0 Å². The summed E-state index contributed by atoms with van der Waals surface area (Å²) in [6, 6.07) is -0.195. The summed E-state index contributed by atoms with van der Waals surface area (Å²) >= 11 is 0. The highest BCUT2D eigenvalue weighted by atomic mass is 32.2. The Bertz CT molecular complexity index is 740. The maximum Gasteiger partial charge on any atom is 0.428 e. The van der Waals surface area contributed by atoms with Crippen LogP contribution in [0.1, 0.15) is 12.8 Å². The van der Waals surface area contributed by atoms with E-state index in [1.54, 1.807) is 21.1 Å². The summed E-state index contributed by atoms with van der Waals surface area (Å²) in [6.45, 7) is -1.30. The molecule has 0 bridgehead atoms. The molecule has 15 heteroatoms. The average molecular weight is 436 g/mol. The van der Waals surface area contributed by atoms with E-state index in [-0.39, 0.29) is 23.2 Å². The molecule has 0 aliphatic carbocycles. The number of rotatable bonds is 6. The minimum absolute atomic E-state index is 0.0133. The van der Waals surface area contributed by atoms with Gasteiger partial charge in [0, 0.05) is 25.9 Å². The summed E-state index contributed by atoms with van der Waals surface area (Å²) in [5, 5.41) is -13.3. The van der Waals surface area contributed by atoms with Gasteiger partial charge >= 0.3 is 16.4 Å². The highest BCUT2D eigenvalue weighted by molar-refractivity contribution is 7.90. The molecular formula is C11H18F6N2O5S2. The quantitative estimate of drug-likeness (QED) is 0.350. The third kappa shape index (κ3) is 3.55. The minimum Gasteiger partial charge on any atom is -0.743 e. The fourth-order valence-corrected chi connectivity index (χ4v) is 4.48. The number of quaternary nitrogens is 1. The van der Waals surface area contributed by atoms with Crippen molar-refractivity contribution in [2.24, 2.45) is 0 Å². The monoisotopic (exact) mass is 436 g/mol. The molecule has 0 aromatic heterocycles. The molecular weight excluding hydrogens is 418 g/mol. The number of piperidine rings is 1. The Balaban J connectivity index is 3.23. The van der Waals surface area contributed by atoms with E-state index >= 15 is 0 Å². The van der Waals surface area contributed by atoms with Crippen molar-refractivity contribution in [2.75, 3.05) is 34.2 Å². The molecule has 0 saturated carbocycles. The predicted octanol–water partition coefficient (Wildman–Crippen LogP) is 0.853. The molecule has 0 aromatic rings. The maximum absolute atomic E-state index is 13.9. The second kappa shape index (κ2) is 6.46. The Hall–Kier alpha value is -0.640. The van der Waals surface area contributed by atoms with Gasteiger partial charge in [0.05, 0.1) is 27.2 Å². The van der Waals surface area contributed by atoms with E-state index in [1.165, 1.54) is 0 Å². The number of alkyl halides is 6. The van der Waals surface area contributed by atoms with Gasteiger partial charge in [0.15, 0.2) is 10.1 Å². The normalized spacial score (nSPS) is 20.4. The standard InChI is InChI=1S/C11H18F6N2O5S2/c1-19(2,3)8-4-6-18(7-5-8)25(20,21)10(14,15)9(12,13)11(16,17)26(22,23)24/h8H,4-7H2,1-3H3. The van der Waals surface area contributed by atoms with Crippen molar-refractivity contribution < 1.29 is 52.2 Å². The van der Waals surface area contributed by atoms with E-state index in [0.29, 0.717) is 4.48 Å². The number of halogens is 6. The van der Waals surface area contributed by atoms with Crippen LogP contribution in [0.3, 0.4) is 0 Å². The Morgan fingerprint density at radius 1 is 0.885 bits per heavy atom. The van der Waals surface area contributed by atoms with Gasteiger partial charge in [-0.1, -0.05) is 0 Å². The molecule has 1 aliphatic heterocycles. The van der Waals surface area contributed by atoms with Crippen molar-refractivity contribution in [1.29, 1.82) is 0 Å².